The topological polar surface area (TPSA) is 81.5 Å². The summed E-state index contributed by atoms with van der Waals surface area (Å²) in [5.41, 5.74) is -0.386. The molecule has 1 aromatic carbocycles. The zero-order chi connectivity index (χ0) is 13.9. The Morgan fingerprint density at radius 1 is 1.39 bits per heavy atom. The Morgan fingerprint density at radius 2 is 2.00 bits per heavy atom. The lowest BCUT2D eigenvalue weighted by Crippen LogP contribution is -2.40. The number of hydrogen-bond donors (Lipinski definition) is 1. The average molecular weight is 252 g/mol. The van der Waals surface area contributed by atoms with Gasteiger partial charge in [-0.2, -0.15) is 0 Å². The van der Waals surface area contributed by atoms with E-state index < -0.39 is 10.5 Å². The number of nitro benzene ring substituents is 1. The number of ether oxygens (including phenoxy) is 1. The summed E-state index contributed by atoms with van der Waals surface area (Å²) in [7, 11) is 1.34. The summed E-state index contributed by atoms with van der Waals surface area (Å²) in [4.78, 5) is 22.1. The second-order valence-corrected chi connectivity index (χ2v) is 4.85. The van der Waals surface area contributed by atoms with Crippen LogP contribution in [0, 0.1) is 10.1 Å². The van der Waals surface area contributed by atoms with Crippen molar-refractivity contribution in [3.05, 3.63) is 33.9 Å². The number of hydrogen-bond acceptors (Lipinski definition) is 4. The molecule has 1 amide bonds. The van der Waals surface area contributed by atoms with Crippen LogP contribution in [0.1, 0.15) is 31.1 Å². The summed E-state index contributed by atoms with van der Waals surface area (Å²) >= 11 is 0. The van der Waals surface area contributed by atoms with Crippen molar-refractivity contribution in [1.82, 2.24) is 5.32 Å². The molecule has 0 radical (unpaired) electrons. The van der Waals surface area contributed by atoms with Gasteiger partial charge in [-0.3, -0.25) is 14.9 Å². The molecule has 1 N–H and O–H groups in total. The van der Waals surface area contributed by atoms with Crippen LogP contribution in [0.2, 0.25) is 0 Å². The number of methoxy groups -OCH3 is 1. The Kier molecular flexibility index (Phi) is 3.90. The highest BCUT2D eigenvalue weighted by molar-refractivity contribution is 5.95. The molecule has 0 fully saturated rings. The largest absolute Gasteiger partial charge is 0.490 e. The van der Waals surface area contributed by atoms with Crippen molar-refractivity contribution in [2.24, 2.45) is 0 Å². The van der Waals surface area contributed by atoms with Crippen LogP contribution in [0.25, 0.3) is 0 Å². The Morgan fingerprint density at radius 3 is 2.44 bits per heavy atom. The minimum atomic E-state index is -0.577. The highest BCUT2D eigenvalue weighted by atomic mass is 16.6. The van der Waals surface area contributed by atoms with Gasteiger partial charge in [0.1, 0.15) is 0 Å². The molecule has 0 aliphatic carbocycles. The molecular weight excluding hydrogens is 236 g/mol. The predicted molar refractivity (Wildman–Crippen MR) is 66.9 cm³/mol. The second kappa shape index (κ2) is 5.03. The molecule has 0 unspecified atom stereocenters. The summed E-state index contributed by atoms with van der Waals surface area (Å²) in [5, 5.41) is 13.6. The normalized spacial score (nSPS) is 10.9. The van der Waals surface area contributed by atoms with Gasteiger partial charge < -0.3 is 10.1 Å². The van der Waals surface area contributed by atoms with Gasteiger partial charge in [0.15, 0.2) is 5.75 Å². The highest BCUT2D eigenvalue weighted by Gasteiger charge is 2.20. The Bertz CT molecular complexity index is 477. The van der Waals surface area contributed by atoms with Gasteiger partial charge in [0.25, 0.3) is 5.91 Å². The maximum Gasteiger partial charge on any atom is 0.311 e. The molecule has 6 heteroatoms. The summed E-state index contributed by atoms with van der Waals surface area (Å²) in [6, 6.07) is 4.11. The first-order valence-corrected chi connectivity index (χ1v) is 5.39. The van der Waals surface area contributed by atoms with Crippen LogP contribution in [0.3, 0.4) is 0 Å². The molecule has 0 aromatic heterocycles. The standard InChI is InChI=1S/C12H16N2O4/c1-12(2,3)13-11(15)8-5-6-10(18-4)9(7-8)14(16)17/h5-7H,1-4H3,(H,13,15). The molecule has 98 valence electrons. The molecule has 0 aliphatic rings. The number of carbonyl (C=O) groups excluding carboxylic acids is 1. The first-order valence-electron chi connectivity index (χ1n) is 5.39. The first-order chi connectivity index (χ1) is 8.24. The van der Waals surface area contributed by atoms with E-state index in [1.165, 1.54) is 25.3 Å². The van der Waals surface area contributed by atoms with Crippen molar-refractivity contribution < 1.29 is 14.5 Å². The second-order valence-electron chi connectivity index (χ2n) is 4.85. The summed E-state index contributed by atoms with van der Waals surface area (Å²) in [6.45, 7) is 5.51. The number of nitro groups is 1. The van der Waals surface area contributed by atoms with Crippen LogP contribution in [-0.2, 0) is 0 Å². The molecule has 0 saturated heterocycles. The average Bonchev–Trinajstić information content (AvgIpc) is 2.25. The number of nitrogens with one attached hydrogen (secondary N) is 1. The van der Waals surface area contributed by atoms with Gasteiger partial charge in [0.05, 0.1) is 12.0 Å². The molecule has 0 spiro atoms. The van der Waals surface area contributed by atoms with Crippen LogP contribution in [0.5, 0.6) is 5.75 Å². The molecule has 0 saturated carbocycles. The van der Waals surface area contributed by atoms with Crippen molar-refractivity contribution in [3.63, 3.8) is 0 Å². The summed E-state index contributed by atoms with van der Waals surface area (Å²) in [6.07, 6.45) is 0. The van der Waals surface area contributed by atoms with E-state index in [1.807, 2.05) is 20.8 Å². The van der Waals surface area contributed by atoms with Crippen LogP contribution in [0.4, 0.5) is 5.69 Å². The minimum Gasteiger partial charge on any atom is -0.490 e. The van der Waals surface area contributed by atoms with E-state index in [9.17, 15) is 14.9 Å². The summed E-state index contributed by atoms with van der Waals surface area (Å²) in [5.74, 6) is -0.222. The number of nitrogens with zero attached hydrogens (tertiary/aromatic N) is 1. The van der Waals surface area contributed by atoms with Gasteiger partial charge in [-0.05, 0) is 32.9 Å². The number of benzene rings is 1. The quantitative estimate of drug-likeness (QED) is 0.660. The Balaban J connectivity index is 3.09. The number of rotatable bonds is 3. The Labute approximate surface area is 105 Å². The van der Waals surface area contributed by atoms with Crippen molar-refractivity contribution in [1.29, 1.82) is 0 Å². The van der Waals surface area contributed by atoms with Crippen LogP contribution in [-0.4, -0.2) is 23.5 Å². The lowest BCUT2D eigenvalue weighted by atomic mass is 10.1. The maximum absolute atomic E-state index is 11.9. The number of amides is 1. The van der Waals surface area contributed by atoms with E-state index in [-0.39, 0.29) is 22.9 Å². The first kappa shape index (κ1) is 14.0. The van der Waals surface area contributed by atoms with Crippen molar-refractivity contribution in [2.75, 3.05) is 7.11 Å². The summed E-state index contributed by atoms with van der Waals surface area (Å²) < 4.78 is 4.87. The molecule has 0 atom stereocenters. The zero-order valence-electron chi connectivity index (χ0n) is 10.8. The maximum atomic E-state index is 11.9. The molecule has 1 rings (SSSR count). The molecule has 0 aliphatic heterocycles. The minimum absolute atomic E-state index is 0.132. The van der Waals surface area contributed by atoms with Crippen molar-refractivity contribution in [3.8, 4) is 5.75 Å². The van der Waals surface area contributed by atoms with E-state index in [0.29, 0.717) is 0 Å². The third-order valence-electron chi connectivity index (χ3n) is 2.13. The zero-order valence-corrected chi connectivity index (χ0v) is 10.8. The van der Waals surface area contributed by atoms with Crippen LogP contribution < -0.4 is 10.1 Å². The monoisotopic (exact) mass is 252 g/mol. The van der Waals surface area contributed by atoms with E-state index in [4.69, 9.17) is 4.74 Å². The SMILES string of the molecule is COc1ccc(C(=O)NC(C)(C)C)cc1[N+](=O)[O-]. The van der Waals surface area contributed by atoms with Crippen molar-refractivity contribution in [2.45, 2.75) is 26.3 Å². The molecular formula is C12H16N2O4. The fourth-order valence-corrected chi connectivity index (χ4v) is 1.39. The predicted octanol–water partition coefficient (Wildman–Crippen LogP) is 2.13. The lowest BCUT2D eigenvalue weighted by molar-refractivity contribution is -0.385. The molecule has 18 heavy (non-hydrogen) atoms. The van der Waals surface area contributed by atoms with Gasteiger partial charge in [0, 0.05) is 17.2 Å². The fourth-order valence-electron chi connectivity index (χ4n) is 1.39. The van der Waals surface area contributed by atoms with E-state index in [0.717, 1.165) is 0 Å². The lowest BCUT2D eigenvalue weighted by Gasteiger charge is -2.20. The third-order valence-corrected chi connectivity index (χ3v) is 2.13. The molecule has 1 aromatic rings. The molecule has 0 heterocycles. The highest BCUT2D eigenvalue weighted by Crippen LogP contribution is 2.27. The number of carbonyl (C=O) groups is 1. The Hall–Kier alpha value is -2.11. The molecule has 6 nitrogen and oxygen atoms in total. The smallest absolute Gasteiger partial charge is 0.311 e. The van der Waals surface area contributed by atoms with E-state index in [2.05, 4.69) is 5.32 Å². The van der Waals surface area contributed by atoms with Gasteiger partial charge in [0.2, 0.25) is 0 Å². The third kappa shape index (κ3) is 3.44. The van der Waals surface area contributed by atoms with Gasteiger partial charge in [-0.1, -0.05) is 0 Å². The van der Waals surface area contributed by atoms with Crippen molar-refractivity contribution >= 4 is 11.6 Å². The van der Waals surface area contributed by atoms with Gasteiger partial charge in [-0.25, -0.2) is 0 Å². The van der Waals surface area contributed by atoms with Crippen LogP contribution >= 0.6 is 0 Å². The van der Waals surface area contributed by atoms with Crippen LogP contribution in [0.15, 0.2) is 18.2 Å². The van der Waals surface area contributed by atoms with E-state index >= 15 is 0 Å². The van der Waals surface area contributed by atoms with Gasteiger partial charge in [-0.15, -0.1) is 0 Å². The molecule has 0 bridgehead atoms. The van der Waals surface area contributed by atoms with E-state index in [1.54, 1.807) is 0 Å². The van der Waals surface area contributed by atoms with Gasteiger partial charge >= 0.3 is 5.69 Å². The fraction of sp³-hybridized carbons (Fsp3) is 0.417.